The first-order valence-corrected chi connectivity index (χ1v) is 12.8. The van der Waals surface area contributed by atoms with Gasteiger partial charge in [0.2, 0.25) is 0 Å². The van der Waals surface area contributed by atoms with E-state index in [0.29, 0.717) is 22.5 Å². The minimum atomic E-state index is -3.39. The largest absolute Gasteiger partial charge is 0.354 e. The van der Waals surface area contributed by atoms with Crippen molar-refractivity contribution in [1.29, 1.82) is 0 Å². The number of halogens is 1. The lowest BCUT2D eigenvalue weighted by molar-refractivity contribution is 0.413. The van der Waals surface area contributed by atoms with Crippen molar-refractivity contribution in [2.75, 3.05) is 26.9 Å². The molecule has 1 saturated carbocycles. The molecular weight excluding hydrogens is 531 g/mol. The number of guanidine groups is 1. The Bertz CT molecular complexity index is 780. The lowest BCUT2D eigenvalue weighted by atomic mass is 9.95. The molecule has 162 valence electrons. The van der Waals surface area contributed by atoms with Gasteiger partial charge in [0.1, 0.15) is 4.21 Å². The summed E-state index contributed by atoms with van der Waals surface area (Å²) in [6.07, 6.45) is 4.04. The second-order valence-electron chi connectivity index (χ2n) is 6.73. The van der Waals surface area contributed by atoms with Crippen LogP contribution >= 0.6 is 35.3 Å². The molecule has 0 spiro atoms. The number of aliphatic imine (C=N–C) groups is 1. The Hall–Kier alpha value is -0.240. The smallest absolute Gasteiger partial charge is 0.252 e. The molecule has 11 heteroatoms. The highest BCUT2D eigenvalue weighted by Gasteiger charge is 2.26. The van der Waals surface area contributed by atoms with E-state index in [4.69, 9.17) is 0 Å². The lowest BCUT2D eigenvalue weighted by Crippen LogP contribution is -2.46. The summed E-state index contributed by atoms with van der Waals surface area (Å²) < 4.78 is 38.0. The molecule has 1 fully saturated rings. The summed E-state index contributed by atoms with van der Waals surface area (Å²) >= 11 is 1.26. The molecule has 7 nitrogen and oxygen atoms in total. The van der Waals surface area contributed by atoms with Crippen molar-refractivity contribution < 1.29 is 12.6 Å². The zero-order chi connectivity index (χ0) is 20.0. The van der Waals surface area contributed by atoms with Gasteiger partial charge in [0.05, 0.1) is 6.54 Å². The summed E-state index contributed by atoms with van der Waals surface area (Å²) in [5, 5.41) is 6.93. The zero-order valence-corrected chi connectivity index (χ0v) is 21.6. The first kappa shape index (κ1) is 25.8. The standard InChI is InChI=1S/C17H30N4O3S3.HI/c1-5-26(22)15-8-6-7-13(11-15)20-17(18-2)19-12-14-9-10-16(25-14)27(23,24)21(3)4;/h9-10,13,15H,5-8,11-12H2,1-4H3,(H2,18,19,20);1H. The van der Waals surface area contributed by atoms with E-state index in [-0.39, 0.29) is 35.3 Å². The zero-order valence-electron chi connectivity index (χ0n) is 16.8. The van der Waals surface area contributed by atoms with E-state index in [2.05, 4.69) is 15.6 Å². The van der Waals surface area contributed by atoms with Crippen molar-refractivity contribution in [3.63, 3.8) is 0 Å². The first-order valence-electron chi connectivity index (χ1n) is 9.13. The van der Waals surface area contributed by atoms with Crippen molar-refractivity contribution in [3.8, 4) is 0 Å². The van der Waals surface area contributed by atoms with Gasteiger partial charge < -0.3 is 10.6 Å². The number of hydrogen-bond donors (Lipinski definition) is 2. The average molecular weight is 563 g/mol. The maximum atomic E-state index is 12.2. The quantitative estimate of drug-likeness (QED) is 0.303. The molecule has 0 aliphatic heterocycles. The number of sulfonamides is 1. The Balaban J connectivity index is 0.00000392. The van der Waals surface area contributed by atoms with Gasteiger partial charge in [-0.2, -0.15) is 0 Å². The van der Waals surface area contributed by atoms with Gasteiger partial charge in [0.15, 0.2) is 5.96 Å². The normalized spacial score (nSPS) is 21.8. The summed E-state index contributed by atoms with van der Waals surface area (Å²) in [5.41, 5.74) is 0. The highest BCUT2D eigenvalue weighted by Crippen LogP contribution is 2.24. The van der Waals surface area contributed by atoms with Gasteiger partial charge in [0.25, 0.3) is 10.0 Å². The van der Waals surface area contributed by atoms with Crippen LogP contribution in [0.25, 0.3) is 0 Å². The summed E-state index contributed by atoms with van der Waals surface area (Å²) in [6.45, 7) is 2.48. The fourth-order valence-corrected chi connectivity index (χ4v) is 6.89. The van der Waals surface area contributed by atoms with Crippen LogP contribution in [-0.4, -0.2) is 61.1 Å². The third kappa shape index (κ3) is 6.92. The molecule has 0 radical (unpaired) electrons. The molecule has 28 heavy (non-hydrogen) atoms. The van der Waals surface area contributed by atoms with Crippen molar-refractivity contribution in [2.24, 2.45) is 4.99 Å². The van der Waals surface area contributed by atoms with Gasteiger partial charge in [-0.25, -0.2) is 12.7 Å². The maximum Gasteiger partial charge on any atom is 0.252 e. The van der Waals surface area contributed by atoms with Crippen LogP contribution in [0.4, 0.5) is 0 Å². The first-order chi connectivity index (χ1) is 12.8. The fourth-order valence-electron chi connectivity index (χ4n) is 3.08. The van der Waals surface area contributed by atoms with E-state index < -0.39 is 20.8 Å². The Kier molecular flexibility index (Phi) is 10.9. The SMILES string of the molecule is CCS(=O)C1CCCC(NC(=NC)NCc2ccc(S(=O)(=O)N(C)C)s2)C1.I. The van der Waals surface area contributed by atoms with Crippen LogP contribution < -0.4 is 10.6 Å². The van der Waals surface area contributed by atoms with Crippen LogP contribution in [0, 0.1) is 0 Å². The molecular formula is C17H31IN4O3S3. The Morgan fingerprint density at radius 1 is 1.36 bits per heavy atom. The Labute approximate surface area is 192 Å². The lowest BCUT2D eigenvalue weighted by Gasteiger charge is -2.30. The molecule has 1 aliphatic rings. The van der Waals surface area contributed by atoms with E-state index in [1.54, 1.807) is 13.1 Å². The van der Waals surface area contributed by atoms with Crippen LogP contribution in [0.1, 0.15) is 37.5 Å². The van der Waals surface area contributed by atoms with E-state index in [1.807, 2.05) is 13.0 Å². The molecule has 3 atom stereocenters. The summed E-state index contributed by atoms with van der Waals surface area (Å²) in [4.78, 5) is 5.19. The van der Waals surface area contributed by atoms with Gasteiger partial charge in [-0.3, -0.25) is 9.20 Å². The molecule has 2 N–H and O–H groups in total. The van der Waals surface area contributed by atoms with Gasteiger partial charge in [-0.1, -0.05) is 13.3 Å². The molecule has 0 aromatic carbocycles. The van der Waals surface area contributed by atoms with Crippen LogP contribution in [0.3, 0.4) is 0 Å². The molecule has 0 bridgehead atoms. The van der Waals surface area contributed by atoms with Gasteiger partial charge in [-0.05, 0) is 31.4 Å². The predicted molar refractivity (Wildman–Crippen MR) is 129 cm³/mol. The summed E-state index contributed by atoms with van der Waals surface area (Å²) in [7, 11) is 0.633. The third-order valence-corrected chi connectivity index (χ3v) is 9.76. The highest BCUT2D eigenvalue weighted by molar-refractivity contribution is 14.0. The van der Waals surface area contributed by atoms with Gasteiger partial charge in [-0.15, -0.1) is 35.3 Å². The molecule has 0 saturated heterocycles. The second kappa shape index (κ2) is 11.8. The molecule has 1 heterocycles. The molecule has 1 aromatic rings. The number of thiophene rings is 1. The average Bonchev–Trinajstić information content (AvgIpc) is 3.14. The number of nitrogens with one attached hydrogen (secondary N) is 2. The van der Waals surface area contributed by atoms with E-state index >= 15 is 0 Å². The Morgan fingerprint density at radius 3 is 2.68 bits per heavy atom. The van der Waals surface area contributed by atoms with Gasteiger partial charge in [0, 0.05) is 53.9 Å². The van der Waals surface area contributed by atoms with Crippen molar-refractivity contribution in [3.05, 3.63) is 17.0 Å². The van der Waals surface area contributed by atoms with Crippen LogP contribution in [-0.2, 0) is 27.4 Å². The highest BCUT2D eigenvalue weighted by atomic mass is 127. The maximum absolute atomic E-state index is 12.2. The van der Waals surface area contributed by atoms with Crippen LogP contribution in [0.5, 0.6) is 0 Å². The molecule has 1 aliphatic carbocycles. The molecule has 2 rings (SSSR count). The minimum absolute atomic E-state index is 0. The molecule has 0 amide bonds. The van der Waals surface area contributed by atoms with Crippen LogP contribution in [0.15, 0.2) is 21.3 Å². The van der Waals surface area contributed by atoms with E-state index in [0.717, 1.165) is 30.6 Å². The van der Waals surface area contributed by atoms with Crippen molar-refractivity contribution >= 4 is 62.1 Å². The summed E-state index contributed by atoms with van der Waals surface area (Å²) in [5.74, 6) is 1.40. The third-order valence-electron chi connectivity index (χ3n) is 4.65. The second-order valence-corrected chi connectivity index (χ2v) is 12.3. The van der Waals surface area contributed by atoms with E-state index in [9.17, 15) is 12.6 Å². The van der Waals surface area contributed by atoms with Gasteiger partial charge >= 0.3 is 0 Å². The fraction of sp³-hybridized carbons (Fsp3) is 0.706. The van der Waals surface area contributed by atoms with Crippen molar-refractivity contribution in [2.45, 2.75) is 54.7 Å². The van der Waals surface area contributed by atoms with E-state index in [1.165, 1.54) is 29.7 Å². The number of nitrogens with zero attached hydrogens (tertiary/aromatic N) is 2. The predicted octanol–water partition coefficient (Wildman–Crippen LogP) is 2.36. The molecule has 1 aromatic heterocycles. The minimum Gasteiger partial charge on any atom is -0.354 e. The van der Waals surface area contributed by atoms with Crippen molar-refractivity contribution in [1.82, 2.24) is 14.9 Å². The molecule has 3 unspecified atom stereocenters. The van der Waals surface area contributed by atoms with Crippen LogP contribution in [0.2, 0.25) is 0 Å². The Morgan fingerprint density at radius 2 is 2.07 bits per heavy atom. The number of rotatable bonds is 7. The topological polar surface area (TPSA) is 90.9 Å². The monoisotopic (exact) mass is 562 g/mol. The number of hydrogen-bond acceptors (Lipinski definition) is 5. The summed E-state index contributed by atoms with van der Waals surface area (Å²) in [6, 6.07) is 3.72.